The summed E-state index contributed by atoms with van der Waals surface area (Å²) in [5.74, 6) is -0.212. The van der Waals surface area contributed by atoms with Crippen LogP contribution < -0.4 is 5.56 Å². The fourth-order valence-electron chi connectivity index (χ4n) is 3.06. The quantitative estimate of drug-likeness (QED) is 0.551. The third-order valence-electron chi connectivity index (χ3n) is 4.37. The number of halogens is 1. The Labute approximate surface area is 168 Å². The number of H-pyrrole nitrogens is 1. The van der Waals surface area contributed by atoms with Crippen LogP contribution in [0.3, 0.4) is 0 Å². The Bertz CT molecular complexity index is 1240. The molecule has 0 radical (unpaired) electrons. The number of hydrogen-bond acceptors (Lipinski definition) is 4. The highest BCUT2D eigenvalue weighted by Crippen LogP contribution is 2.36. The summed E-state index contributed by atoms with van der Waals surface area (Å²) in [4.78, 5) is 19.7. The average molecular weight is 440 g/mol. The summed E-state index contributed by atoms with van der Waals surface area (Å²) in [5.41, 5.74) is 3.68. The molecule has 0 aliphatic carbocycles. The lowest BCUT2D eigenvalue weighted by molar-refractivity contribution is 0.432. The van der Waals surface area contributed by atoms with Crippen molar-refractivity contribution in [3.63, 3.8) is 0 Å². The van der Waals surface area contributed by atoms with Crippen molar-refractivity contribution in [2.24, 2.45) is 4.99 Å². The normalized spacial score (nSPS) is 14.3. The molecule has 2 N–H and O–H groups in total. The van der Waals surface area contributed by atoms with E-state index < -0.39 is 5.56 Å². The summed E-state index contributed by atoms with van der Waals surface area (Å²) in [6.45, 7) is 1.88. The molecule has 3 aromatic rings. The van der Waals surface area contributed by atoms with E-state index in [2.05, 4.69) is 25.9 Å². The number of benzene rings is 2. The Hall–Kier alpha value is -2.77. The van der Waals surface area contributed by atoms with Crippen molar-refractivity contribution in [3.05, 3.63) is 79.3 Å². The van der Waals surface area contributed by atoms with Crippen LogP contribution in [-0.4, -0.2) is 20.4 Å². The molecule has 134 valence electrons. The van der Waals surface area contributed by atoms with Gasteiger partial charge in [0.25, 0.3) is 5.56 Å². The summed E-state index contributed by atoms with van der Waals surface area (Å²) >= 11 is 8.64. The van der Waals surface area contributed by atoms with Gasteiger partial charge < -0.3 is 5.11 Å². The van der Waals surface area contributed by atoms with Crippen LogP contribution in [0.1, 0.15) is 18.1 Å². The monoisotopic (exact) mass is 439 g/mol. The van der Waals surface area contributed by atoms with Gasteiger partial charge in [0.05, 0.1) is 11.4 Å². The maximum Gasteiger partial charge on any atom is 0.262 e. The number of allylic oxidation sites excluding steroid dienone is 1. The smallest absolute Gasteiger partial charge is 0.262 e. The first-order valence-corrected chi connectivity index (χ1v) is 9.37. The second-order valence-corrected chi connectivity index (χ2v) is 7.38. The van der Waals surface area contributed by atoms with E-state index in [0.717, 1.165) is 27.0 Å². The van der Waals surface area contributed by atoms with Crippen LogP contribution in [0.15, 0.2) is 62.8 Å². The number of fused-ring (bicyclic) bond motifs is 1. The van der Waals surface area contributed by atoms with E-state index in [1.807, 2.05) is 43.3 Å². The molecule has 0 fully saturated rings. The number of para-hydroxylation sites is 1. The molecular formula is C20H14BrN3O2S. The first kappa shape index (κ1) is 17.6. The Morgan fingerprint density at radius 1 is 1.19 bits per heavy atom. The zero-order valence-electron chi connectivity index (χ0n) is 14.2. The van der Waals surface area contributed by atoms with Gasteiger partial charge in [-0.25, -0.2) is 0 Å². The van der Waals surface area contributed by atoms with Gasteiger partial charge in [-0.3, -0.25) is 19.3 Å². The Morgan fingerprint density at radius 3 is 2.63 bits per heavy atom. The predicted molar refractivity (Wildman–Crippen MR) is 114 cm³/mol. The van der Waals surface area contributed by atoms with Crippen LogP contribution >= 0.6 is 28.1 Å². The molecule has 1 aliphatic rings. The van der Waals surface area contributed by atoms with Gasteiger partial charge in [-0.15, -0.1) is 0 Å². The summed E-state index contributed by atoms with van der Waals surface area (Å²) in [6.07, 6.45) is 1.66. The van der Waals surface area contributed by atoms with Crippen molar-refractivity contribution in [2.75, 3.05) is 0 Å². The van der Waals surface area contributed by atoms with Crippen molar-refractivity contribution in [3.8, 4) is 11.6 Å². The maximum atomic E-state index is 12.5. The summed E-state index contributed by atoms with van der Waals surface area (Å²) in [5, 5.41) is 10.8. The van der Waals surface area contributed by atoms with Crippen molar-refractivity contribution in [1.29, 1.82) is 0 Å². The highest BCUT2D eigenvalue weighted by atomic mass is 79.9. The van der Waals surface area contributed by atoms with E-state index >= 15 is 0 Å². The van der Waals surface area contributed by atoms with Crippen LogP contribution in [-0.2, 0) is 0 Å². The van der Waals surface area contributed by atoms with Gasteiger partial charge in [-0.2, -0.15) is 0 Å². The number of aromatic amines is 1. The summed E-state index contributed by atoms with van der Waals surface area (Å²) < 4.78 is 2.46. The lowest BCUT2D eigenvalue weighted by atomic mass is 10.0. The Kier molecular flexibility index (Phi) is 4.41. The van der Waals surface area contributed by atoms with Gasteiger partial charge >= 0.3 is 0 Å². The molecule has 0 saturated carbocycles. The summed E-state index contributed by atoms with van der Waals surface area (Å²) in [7, 11) is 0. The van der Waals surface area contributed by atoms with Gasteiger partial charge in [0.2, 0.25) is 5.88 Å². The minimum absolute atomic E-state index is 0.124. The highest BCUT2D eigenvalue weighted by molar-refractivity contribution is 9.10. The molecule has 2 aromatic carbocycles. The number of aromatic nitrogens is 2. The fourth-order valence-corrected chi connectivity index (χ4v) is 3.61. The van der Waals surface area contributed by atoms with E-state index in [1.165, 1.54) is 4.57 Å². The number of aromatic hydroxyl groups is 1. The Balaban J connectivity index is 1.94. The second-order valence-electron chi connectivity index (χ2n) is 6.08. The molecule has 0 bridgehead atoms. The Morgan fingerprint density at radius 2 is 1.89 bits per heavy atom. The van der Waals surface area contributed by atoms with Crippen LogP contribution in [0.5, 0.6) is 5.88 Å². The molecular weight excluding hydrogens is 426 g/mol. The fraction of sp³-hybridized carbons (Fsp3) is 0.0500. The maximum absolute atomic E-state index is 12.5. The van der Waals surface area contributed by atoms with Gasteiger partial charge in [0, 0.05) is 21.3 Å². The highest BCUT2D eigenvalue weighted by Gasteiger charge is 2.20. The topological polar surface area (TPSA) is 70.4 Å². The molecule has 5 nitrogen and oxygen atoms in total. The summed E-state index contributed by atoms with van der Waals surface area (Å²) in [6, 6.07) is 15.0. The zero-order valence-corrected chi connectivity index (χ0v) is 16.6. The van der Waals surface area contributed by atoms with E-state index in [0.29, 0.717) is 5.69 Å². The second kappa shape index (κ2) is 6.75. The molecule has 1 aromatic heterocycles. The van der Waals surface area contributed by atoms with Crippen LogP contribution in [0.25, 0.3) is 17.3 Å². The average Bonchev–Trinajstić information content (AvgIpc) is 2.95. The van der Waals surface area contributed by atoms with Crippen molar-refractivity contribution in [2.45, 2.75) is 6.92 Å². The molecule has 4 rings (SSSR count). The predicted octanol–water partition coefficient (Wildman–Crippen LogP) is 5.01. The third kappa shape index (κ3) is 3.09. The number of aliphatic imine (C=N–C) groups is 1. The minimum atomic E-state index is -0.449. The molecule has 0 amide bonds. The van der Waals surface area contributed by atoms with Crippen molar-refractivity contribution in [1.82, 2.24) is 9.55 Å². The number of hydrogen-bond donors (Lipinski definition) is 2. The van der Waals surface area contributed by atoms with Gasteiger partial charge in [0.15, 0.2) is 4.77 Å². The van der Waals surface area contributed by atoms with Crippen LogP contribution in [0.4, 0.5) is 5.69 Å². The molecule has 0 atom stereocenters. The number of nitrogens with one attached hydrogen (secondary N) is 1. The van der Waals surface area contributed by atoms with Gasteiger partial charge in [-0.05, 0) is 55.5 Å². The van der Waals surface area contributed by atoms with Gasteiger partial charge in [-0.1, -0.05) is 34.1 Å². The van der Waals surface area contributed by atoms with E-state index in [4.69, 9.17) is 12.2 Å². The standard InChI is InChI=1S/C20H14BrN3O2S/c1-11-15(14-4-2-3-5-17(14)22-11)10-16-18(25)23-20(27)24(19(16)26)13-8-6-12(21)7-9-13/h2-10,26H,1H3,(H,23,25,27)/b15-10+. The van der Waals surface area contributed by atoms with Gasteiger partial charge in [0.1, 0.15) is 5.56 Å². The SMILES string of the molecule is CC1=Nc2ccccc2/C1=C/c1c(O)n(-c2ccc(Br)cc2)c(=S)[nH]c1=O. The molecule has 0 unspecified atom stereocenters. The van der Waals surface area contributed by atoms with E-state index in [9.17, 15) is 9.90 Å². The zero-order chi connectivity index (χ0) is 19.1. The first-order valence-electron chi connectivity index (χ1n) is 8.16. The lowest BCUT2D eigenvalue weighted by Gasteiger charge is -2.12. The molecule has 2 heterocycles. The molecule has 7 heteroatoms. The van der Waals surface area contributed by atoms with Crippen LogP contribution in [0.2, 0.25) is 0 Å². The molecule has 1 aliphatic heterocycles. The lowest BCUT2D eigenvalue weighted by Crippen LogP contribution is -2.16. The number of nitrogens with zero attached hydrogens (tertiary/aromatic N) is 2. The third-order valence-corrected chi connectivity index (χ3v) is 5.18. The molecule has 27 heavy (non-hydrogen) atoms. The largest absolute Gasteiger partial charge is 0.494 e. The van der Waals surface area contributed by atoms with E-state index in [1.54, 1.807) is 18.2 Å². The molecule has 0 spiro atoms. The van der Waals surface area contributed by atoms with Crippen LogP contribution in [0, 0.1) is 4.77 Å². The first-order chi connectivity index (χ1) is 13.0. The number of rotatable bonds is 2. The molecule has 0 saturated heterocycles. The minimum Gasteiger partial charge on any atom is -0.494 e. The van der Waals surface area contributed by atoms with Crippen molar-refractivity contribution < 1.29 is 5.11 Å². The van der Waals surface area contributed by atoms with Crippen molar-refractivity contribution >= 4 is 51.2 Å². The van der Waals surface area contributed by atoms with E-state index in [-0.39, 0.29) is 16.2 Å².